The van der Waals surface area contributed by atoms with Gasteiger partial charge in [0.25, 0.3) is 0 Å². The van der Waals surface area contributed by atoms with E-state index in [2.05, 4.69) is 29.4 Å². The van der Waals surface area contributed by atoms with Gasteiger partial charge >= 0.3 is 0 Å². The Morgan fingerprint density at radius 1 is 1.41 bits per heavy atom. The maximum Gasteiger partial charge on any atom is 0.245 e. The van der Waals surface area contributed by atoms with Crippen LogP contribution in [0.1, 0.15) is 26.7 Å². The average molecular weight is 313 g/mol. The summed E-state index contributed by atoms with van der Waals surface area (Å²) in [7, 11) is 1.53. The lowest BCUT2D eigenvalue weighted by molar-refractivity contribution is 0.0650. The van der Waals surface area contributed by atoms with Gasteiger partial charge in [-0.05, 0) is 28.7 Å². The van der Waals surface area contributed by atoms with Crippen LogP contribution in [0.3, 0.4) is 0 Å². The summed E-state index contributed by atoms with van der Waals surface area (Å²) in [6, 6.07) is 0. The van der Waals surface area contributed by atoms with Gasteiger partial charge in [0.15, 0.2) is 0 Å². The molecule has 3 atom stereocenters. The minimum absolute atomic E-state index is 0.242. The van der Waals surface area contributed by atoms with E-state index in [9.17, 15) is 4.39 Å². The normalized spacial score (nSPS) is 31.1. The van der Waals surface area contributed by atoms with Gasteiger partial charge in [-0.15, -0.1) is 0 Å². The molecule has 3 heterocycles. The molecule has 2 saturated heterocycles. The summed E-state index contributed by atoms with van der Waals surface area (Å²) in [6.45, 7) is 6.65. The van der Waals surface area contributed by atoms with Crippen LogP contribution < -0.4 is 4.90 Å². The maximum absolute atomic E-state index is 13.8. The molecule has 1 aromatic heterocycles. The summed E-state index contributed by atoms with van der Waals surface area (Å²) in [5, 5.41) is 11.8. The number of tetrazole rings is 1. The molecule has 2 fully saturated rings. The van der Waals surface area contributed by atoms with E-state index < -0.39 is 12.3 Å². The Balaban J connectivity index is 1.59. The van der Waals surface area contributed by atoms with Crippen LogP contribution in [0.2, 0.25) is 0 Å². The number of anilines is 1. The van der Waals surface area contributed by atoms with Gasteiger partial charge in [-0.25, -0.2) is 9.07 Å². The molecule has 22 heavy (non-hydrogen) atoms. The Hall–Kier alpha value is -1.28. The standard InChI is InChI=1S/C14H24FN5O2/c1-14(2)6-10(22-9-14)4-5-20-13(16-17-18-20)19-7-11(15)12(8-19)21-3/h10-12H,4-9H2,1-3H3/t10?,11-,12-/m1/s1. The first-order valence-corrected chi connectivity index (χ1v) is 7.78. The first kappa shape index (κ1) is 15.6. The molecule has 1 unspecified atom stereocenters. The molecule has 0 amide bonds. The minimum atomic E-state index is -1.01. The van der Waals surface area contributed by atoms with Crippen molar-refractivity contribution in [1.82, 2.24) is 20.2 Å². The molecule has 0 radical (unpaired) electrons. The molecule has 0 aromatic carbocycles. The molecular formula is C14H24FN5O2. The predicted octanol–water partition coefficient (Wildman–Crippen LogP) is 1.05. The summed E-state index contributed by atoms with van der Waals surface area (Å²) >= 11 is 0. The van der Waals surface area contributed by atoms with Gasteiger partial charge in [0.1, 0.15) is 12.3 Å². The first-order valence-electron chi connectivity index (χ1n) is 7.78. The average Bonchev–Trinajstić information content (AvgIpc) is 3.14. The second-order valence-corrected chi connectivity index (χ2v) is 6.99. The van der Waals surface area contributed by atoms with Gasteiger partial charge in [0, 0.05) is 13.7 Å². The van der Waals surface area contributed by atoms with E-state index in [1.165, 1.54) is 7.11 Å². The first-order chi connectivity index (χ1) is 10.5. The van der Waals surface area contributed by atoms with Crippen LogP contribution in [0.5, 0.6) is 0 Å². The Kier molecular flexibility index (Phi) is 4.31. The summed E-state index contributed by atoms with van der Waals surface area (Å²) in [6.07, 6.45) is 0.735. The van der Waals surface area contributed by atoms with Crippen molar-refractivity contribution in [3.63, 3.8) is 0 Å². The number of alkyl halides is 1. The summed E-state index contributed by atoms with van der Waals surface area (Å²) < 4.78 is 26.5. The summed E-state index contributed by atoms with van der Waals surface area (Å²) in [4.78, 5) is 1.85. The van der Waals surface area contributed by atoms with E-state index in [0.29, 0.717) is 19.0 Å². The van der Waals surface area contributed by atoms with Crippen molar-refractivity contribution in [3.8, 4) is 0 Å². The Bertz CT molecular complexity index is 509. The molecule has 0 spiro atoms. The second-order valence-electron chi connectivity index (χ2n) is 6.99. The number of rotatable bonds is 5. The van der Waals surface area contributed by atoms with Gasteiger partial charge in [-0.1, -0.05) is 18.9 Å². The fourth-order valence-electron chi connectivity index (χ4n) is 3.22. The smallest absolute Gasteiger partial charge is 0.245 e. The number of ether oxygens (including phenoxy) is 2. The van der Waals surface area contributed by atoms with E-state index in [4.69, 9.17) is 9.47 Å². The van der Waals surface area contributed by atoms with Gasteiger partial charge in [-0.2, -0.15) is 0 Å². The summed E-state index contributed by atoms with van der Waals surface area (Å²) in [5.41, 5.74) is 0.246. The van der Waals surface area contributed by atoms with Gasteiger partial charge in [-0.3, -0.25) is 0 Å². The monoisotopic (exact) mass is 313 g/mol. The molecule has 0 N–H and O–H groups in total. The number of methoxy groups -OCH3 is 1. The summed E-state index contributed by atoms with van der Waals surface area (Å²) in [5.74, 6) is 0.611. The highest BCUT2D eigenvalue weighted by atomic mass is 19.1. The van der Waals surface area contributed by atoms with E-state index in [0.717, 1.165) is 19.4 Å². The van der Waals surface area contributed by atoms with Crippen molar-refractivity contribution < 1.29 is 13.9 Å². The number of halogens is 1. The SMILES string of the molecule is CO[C@@H]1CN(c2nnnn2CCC2CC(C)(C)CO2)C[C@H]1F. The number of aryl methyl sites for hydroxylation is 1. The highest BCUT2D eigenvalue weighted by molar-refractivity contribution is 5.31. The van der Waals surface area contributed by atoms with Crippen molar-refractivity contribution >= 4 is 5.95 Å². The minimum Gasteiger partial charge on any atom is -0.378 e. The fourth-order valence-corrected chi connectivity index (χ4v) is 3.22. The molecule has 3 rings (SSSR count). The Morgan fingerprint density at radius 2 is 2.23 bits per heavy atom. The number of hydrogen-bond donors (Lipinski definition) is 0. The zero-order valence-electron chi connectivity index (χ0n) is 13.4. The van der Waals surface area contributed by atoms with Crippen molar-refractivity contribution in [2.75, 3.05) is 31.7 Å². The molecule has 2 aliphatic heterocycles. The van der Waals surface area contributed by atoms with Crippen LogP contribution in [-0.2, 0) is 16.0 Å². The second kappa shape index (κ2) is 6.08. The predicted molar refractivity (Wildman–Crippen MR) is 78.5 cm³/mol. The Morgan fingerprint density at radius 3 is 2.86 bits per heavy atom. The van der Waals surface area contributed by atoms with Crippen molar-refractivity contribution in [3.05, 3.63) is 0 Å². The lowest BCUT2D eigenvalue weighted by atomic mass is 9.90. The maximum atomic E-state index is 13.8. The van der Waals surface area contributed by atoms with Crippen molar-refractivity contribution in [2.45, 2.75) is 51.6 Å². The van der Waals surface area contributed by atoms with Crippen LogP contribution in [0.15, 0.2) is 0 Å². The van der Waals surface area contributed by atoms with E-state index >= 15 is 0 Å². The van der Waals surface area contributed by atoms with Gasteiger partial charge < -0.3 is 14.4 Å². The van der Waals surface area contributed by atoms with Crippen molar-refractivity contribution in [2.24, 2.45) is 5.41 Å². The molecule has 2 aliphatic rings. The van der Waals surface area contributed by atoms with E-state index in [-0.39, 0.29) is 18.1 Å². The number of hydrogen-bond acceptors (Lipinski definition) is 6. The third-order valence-corrected chi connectivity index (χ3v) is 4.45. The topological polar surface area (TPSA) is 65.3 Å². The van der Waals surface area contributed by atoms with Crippen LogP contribution in [-0.4, -0.2) is 65.4 Å². The third kappa shape index (κ3) is 3.22. The van der Waals surface area contributed by atoms with Crippen molar-refractivity contribution in [1.29, 1.82) is 0 Å². The molecule has 7 nitrogen and oxygen atoms in total. The van der Waals surface area contributed by atoms with Crippen LogP contribution in [0.4, 0.5) is 10.3 Å². The Labute approximate surface area is 129 Å². The molecule has 8 heteroatoms. The zero-order chi connectivity index (χ0) is 15.7. The molecular weight excluding hydrogens is 289 g/mol. The van der Waals surface area contributed by atoms with Crippen LogP contribution in [0, 0.1) is 5.41 Å². The van der Waals surface area contributed by atoms with Crippen LogP contribution >= 0.6 is 0 Å². The molecule has 124 valence electrons. The fraction of sp³-hybridized carbons (Fsp3) is 0.929. The zero-order valence-corrected chi connectivity index (χ0v) is 13.4. The lowest BCUT2D eigenvalue weighted by Crippen LogP contribution is -2.26. The number of nitrogens with zero attached hydrogens (tertiary/aromatic N) is 5. The molecule has 0 bridgehead atoms. The highest BCUT2D eigenvalue weighted by Gasteiger charge is 2.36. The lowest BCUT2D eigenvalue weighted by Gasteiger charge is -2.17. The van der Waals surface area contributed by atoms with E-state index in [1.807, 2.05) is 4.90 Å². The van der Waals surface area contributed by atoms with Gasteiger partial charge in [0.2, 0.25) is 5.95 Å². The highest BCUT2D eigenvalue weighted by Crippen LogP contribution is 2.33. The number of aromatic nitrogens is 4. The third-order valence-electron chi connectivity index (χ3n) is 4.45. The molecule has 0 aliphatic carbocycles. The largest absolute Gasteiger partial charge is 0.378 e. The van der Waals surface area contributed by atoms with Gasteiger partial charge in [0.05, 0.1) is 25.8 Å². The molecule has 0 saturated carbocycles. The van der Waals surface area contributed by atoms with E-state index in [1.54, 1.807) is 4.68 Å². The molecule has 1 aromatic rings. The van der Waals surface area contributed by atoms with Crippen LogP contribution in [0.25, 0.3) is 0 Å². The quantitative estimate of drug-likeness (QED) is 0.809.